The summed E-state index contributed by atoms with van der Waals surface area (Å²) in [5.41, 5.74) is 7.25. The molecule has 0 radical (unpaired) electrons. The number of benzene rings is 1. The average Bonchev–Trinajstić information content (AvgIpc) is 2.33. The number of rotatable bonds is 6. The molecule has 3 heteroatoms. The first-order valence-electron chi connectivity index (χ1n) is 6.28. The van der Waals surface area contributed by atoms with Crippen LogP contribution < -0.4 is 5.73 Å². The van der Waals surface area contributed by atoms with Gasteiger partial charge in [-0.1, -0.05) is 38.4 Å². The number of hydrogen-bond acceptors (Lipinski definition) is 2. The summed E-state index contributed by atoms with van der Waals surface area (Å²) in [5, 5.41) is 1.47. The van der Waals surface area contributed by atoms with Gasteiger partial charge < -0.3 is 5.73 Å². The summed E-state index contributed by atoms with van der Waals surface area (Å²) in [7, 11) is 0. The van der Waals surface area contributed by atoms with Crippen LogP contribution in [0.15, 0.2) is 23.1 Å². The zero-order valence-electron chi connectivity index (χ0n) is 10.9. The molecule has 17 heavy (non-hydrogen) atoms. The lowest BCUT2D eigenvalue weighted by Crippen LogP contribution is -2.22. The molecule has 0 aromatic heterocycles. The highest BCUT2D eigenvalue weighted by Gasteiger charge is 2.12. The van der Waals surface area contributed by atoms with Crippen molar-refractivity contribution in [1.82, 2.24) is 0 Å². The van der Waals surface area contributed by atoms with Crippen molar-refractivity contribution in [3.8, 4) is 0 Å². The van der Waals surface area contributed by atoms with Gasteiger partial charge in [0.05, 0.1) is 0 Å². The lowest BCUT2D eigenvalue weighted by atomic mass is 10.0. The van der Waals surface area contributed by atoms with Crippen LogP contribution in [0.3, 0.4) is 0 Å². The molecule has 0 aliphatic rings. The average molecular weight is 272 g/mol. The van der Waals surface area contributed by atoms with Gasteiger partial charge in [-0.05, 0) is 37.0 Å². The van der Waals surface area contributed by atoms with Gasteiger partial charge in [-0.3, -0.25) is 0 Å². The Bertz CT molecular complexity index is 354. The highest BCUT2D eigenvalue weighted by Crippen LogP contribution is 2.33. The van der Waals surface area contributed by atoms with E-state index in [4.69, 9.17) is 17.3 Å². The van der Waals surface area contributed by atoms with Gasteiger partial charge in [-0.25, -0.2) is 0 Å². The fourth-order valence-corrected chi connectivity index (χ4v) is 2.95. The molecule has 0 aliphatic heterocycles. The SMILES string of the molecule is CCC(N)Cc1c(Cl)cccc1SC(C)CC. The number of halogens is 1. The lowest BCUT2D eigenvalue weighted by Gasteiger charge is -2.16. The molecule has 0 heterocycles. The Hall–Kier alpha value is -0.180. The summed E-state index contributed by atoms with van der Waals surface area (Å²) in [6.45, 7) is 6.57. The summed E-state index contributed by atoms with van der Waals surface area (Å²) in [5.74, 6) is 0. The smallest absolute Gasteiger partial charge is 0.0449 e. The van der Waals surface area contributed by atoms with E-state index in [1.165, 1.54) is 10.5 Å². The molecule has 2 unspecified atom stereocenters. The van der Waals surface area contributed by atoms with E-state index in [1.54, 1.807) is 0 Å². The Morgan fingerprint density at radius 3 is 2.59 bits per heavy atom. The highest BCUT2D eigenvalue weighted by atomic mass is 35.5. The third kappa shape index (κ3) is 4.53. The molecule has 0 amide bonds. The quantitative estimate of drug-likeness (QED) is 0.771. The van der Waals surface area contributed by atoms with Crippen LogP contribution in [-0.4, -0.2) is 11.3 Å². The maximum absolute atomic E-state index is 6.29. The summed E-state index contributed by atoms with van der Waals surface area (Å²) >= 11 is 8.19. The van der Waals surface area contributed by atoms with Crippen molar-refractivity contribution in [3.05, 3.63) is 28.8 Å². The Morgan fingerprint density at radius 1 is 1.29 bits per heavy atom. The lowest BCUT2D eigenvalue weighted by molar-refractivity contribution is 0.641. The Balaban J connectivity index is 2.91. The van der Waals surface area contributed by atoms with Gasteiger partial charge in [0.15, 0.2) is 0 Å². The molecule has 1 rings (SSSR count). The molecule has 1 nitrogen and oxygen atoms in total. The molecule has 0 bridgehead atoms. The summed E-state index contributed by atoms with van der Waals surface area (Å²) in [6, 6.07) is 6.33. The van der Waals surface area contributed by atoms with Gasteiger partial charge in [0.2, 0.25) is 0 Å². The van der Waals surface area contributed by atoms with Gasteiger partial charge >= 0.3 is 0 Å². The first-order valence-corrected chi connectivity index (χ1v) is 7.53. The zero-order valence-corrected chi connectivity index (χ0v) is 12.4. The van der Waals surface area contributed by atoms with Crippen LogP contribution >= 0.6 is 23.4 Å². The zero-order chi connectivity index (χ0) is 12.8. The predicted molar refractivity (Wildman–Crippen MR) is 79.0 cm³/mol. The van der Waals surface area contributed by atoms with E-state index in [9.17, 15) is 0 Å². The molecule has 2 atom stereocenters. The van der Waals surface area contributed by atoms with Crippen LogP contribution in [-0.2, 0) is 6.42 Å². The maximum Gasteiger partial charge on any atom is 0.0449 e. The maximum atomic E-state index is 6.29. The number of nitrogens with two attached hydrogens (primary N) is 1. The molecule has 0 fully saturated rings. The van der Waals surface area contributed by atoms with Crippen molar-refractivity contribution in [2.75, 3.05) is 0 Å². The van der Waals surface area contributed by atoms with E-state index in [1.807, 2.05) is 23.9 Å². The molecular formula is C14H22ClNS. The van der Waals surface area contributed by atoms with E-state index >= 15 is 0 Å². The minimum Gasteiger partial charge on any atom is -0.327 e. The Morgan fingerprint density at radius 2 is 2.00 bits per heavy atom. The van der Waals surface area contributed by atoms with E-state index in [2.05, 4.69) is 26.8 Å². The largest absolute Gasteiger partial charge is 0.327 e. The van der Waals surface area contributed by atoms with Gasteiger partial charge in [0, 0.05) is 21.2 Å². The second kappa shape index (κ2) is 7.30. The molecule has 2 N–H and O–H groups in total. The Kier molecular flexibility index (Phi) is 6.39. The van der Waals surface area contributed by atoms with E-state index in [-0.39, 0.29) is 6.04 Å². The molecule has 1 aromatic carbocycles. The van der Waals surface area contributed by atoms with Crippen molar-refractivity contribution in [2.24, 2.45) is 5.73 Å². The minimum absolute atomic E-state index is 0.200. The normalized spacial score (nSPS) is 14.6. The molecular weight excluding hydrogens is 250 g/mol. The van der Waals surface area contributed by atoms with Crippen molar-refractivity contribution in [3.63, 3.8) is 0 Å². The van der Waals surface area contributed by atoms with E-state index in [0.717, 1.165) is 24.3 Å². The van der Waals surface area contributed by atoms with Crippen LogP contribution in [0.1, 0.15) is 39.2 Å². The topological polar surface area (TPSA) is 26.0 Å². The molecule has 1 aromatic rings. The van der Waals surface area contributed by atoms with Gasteiger partial charge in [0.1, 0.15) is 0 Å². The monoisotopic (exact) mass is 271 g/mol. The van der Waals surface area contributed by atoms with E-state index in [0.29, 0.717) is 5.25 Å². The van der Waals surface area contributed by atoms with Crippen LogP contribution in [0.25, 0.3) is 0 Å². The van der Waals surface area contributed by atoms with Crippen molar-refractivity contribution in [1.29, 1.82) is 0 Å². The minimum atomic E-state index is 0.200. The molecule has 96 valence electrons. The third-order valence-electron chi connectivity index (χ3n) is 2.97. The van der Waals surface area contributed by atoms with Crippen LogP contribution in [0.4, 0.5) is 0 Å². The Labute approximate surface area is 114 Å². The fraction of sp³-hybridized carbons (Fsp3) is 0.571. The number of hydrogen-bond donors (Lipinski definition) is 1. The van der Waals surface area contributed by atoms with Crippen LogP contribution in [0, 0.1) is 0 Å². The van der Waals surface area contributed by atoms with Crippen LogP contribution in [0.2, 0.25) is 5.02 Å². The first-order chi connectivity index (χ1) is 8.08. The standard InChI is InChI=1S/C14H22ClNS/c1-4-10(3)17-14-8-6-7-13(15)12(14)9-11(16)5-2/h6-8,10-11H,4-5,9,16H2,1-3H3. The van der Waals surface area contributed by atoms with E-state index < -0.39 is 0 Å². The van der Waals surface area contributed by atoms with Crippen molar-refractivity contribution < 1.29 is 0 Å². The van der Waals surface area contributed by atoms with Gasteiger partial charge in [0.25, 0.3) is 0 Å². The fourth-order valence-electron chi connectivity index (χ4n) is 1.55. The van der Waals surface area contributed by atoms with Crippen LogP contribution in [0.5, 0.6) is 0 Å². The molecule has 0 saturated heterocycles. The molecule has 0 spiro atoms. The highest BCUT2D eigenvalue weighted by molar-refractivity contribution is 8.00. The summed E-state index contributed by atoms with van der Waals surface area (Å²) < 4.78 is 0. The molecule has 0 saturated carbocycles. The third-order valence-corrected chi connectivity index (χ3v) is 4.70. The molecule has 0 aliphatic carbocycles. The van der Waals surface area contributed by atoms with Gasteiger partial charge in [-0.15, -0.1) is 11.8 Å². The van der Waals surface area contributed by atoms with Gasteiger partial charge in [-0.2, -0.15) is 0 Å². The number of thioether (sulfide) groups is 1. The summed E-state index contributed by atoms with van der Waals surface area (Å²) in [4.78, 5) is 1.29. The first kappa shape index (κ1) is 14.9. The van der Waals surface area contributed by atoms with Crippen molar-refractivity contribution >= 4 is 23.4 Å². The second-order valence-corrected chi connectivity index (χ2v) is 6.31. The summed E-state index contributed by atoms with van der Waals surface area (Å²) in [6.07, 6.45) is 3.02. The predicted octanol–water partition coefficient (Wildman–Crippen LogP) is 4.51. The van der Waals surface area contributed by atoms with Crippen molar-refractivity contribution in [2.45, 2.75) is 56.2 Å². The second-order valence-electron chi connectivity index (χ2n) is 4.43.